The Balaban J connectivity index is 2.02. The van der Waals surface area contributed by atoms with Crippen LogP contribution in [0.5, 0.6) is 5.75 Å². The molecule has 1 aliphatic heterocycles. The molecule has 0 radical (unpaired) electrons. The minimum Gasteiger partial charge on any atom is -0.489 e. The number of methoxy groups -OCH3 is 1. The van der Waals surface area contributed by atoms with Crippen molar-refractivity contribution in [2.75, 3.05) is 32.2 Å². The minimum absolute atomic E-state index is 0.0818. The molecule has 8 nitrogen and oxygen atoms in total. The summed E-state index contributed by atoms with van der Waals surface area (Å²) in [5.41, 5.74) is 0.507. The fraction of sp³-hybridized carbons (Fsp3) is 0.476. The van der Waals surface area contributed by atoms with Gasteiger partial charge in [0.05, 0.1) is 19.8 Å². The summed E-state index contributed by atoms with van der Waals surface area (Å²) in [7, 11) is 2.93. The van der Waals surface area contributed by atoms with Crippen LogP contribution in [0.1, 0.15) is 41.9 Å². The molecule has 1 aromatic carbocycles. The molecule has 1 unspecified atom stereocenters. The van der Waals surface area contributed by atoms with Crippen molar-refractivity contribution in [2.45, 2.75) is 25.8 Å². The van der Waals surface area contributed by atoms with Gasteiger partial charge in [0, 0.05) is 20.3 Å². The first-order valence-electron chi connectivity index (χ1n) is 9.78. The summed E-state index contributed by atoms with van der Waals surface area (Å²) < 4.78 is 17.1. The van der Waals surface area contributed by atoms with Crippen molar-refractivity contribution in [1.82, 2.24) is 9.55 Å². The Labute approximate surface area is 169 Å². The number of ether oxygens (including phenoxy) is 3. The van der Waals surface area contributed by atoms with Crippen molar-refractivity contribution in [3.05, 3.63) is 51.9 Å². The molecule has 1 aromatic heterocycles. The predicted octanol–water partition coefficient (Wildman–Crippen LogP) is 2.55. The second kappa shape index (κ2) is 9.56. The molecule has 2 heterocycles. The lowest BCUT2D eigenvalue weighted by Gasteiger charge is -2.32. The highest BCUT2D eigenvalue weighted by Crippen LogP contribution is 2.33. The molecule has 8 heteroatoms. The van der Waals surface area contributed by atoms with Crippen molar-refractivity contribution in [2.24, 2.45) is 13.0 Å². The first kappa shape index (κ1) is 20.9. The fourth-order valence-corrected chi connectivity index (χ4v) is 3.55. The molecule has 156 valence electrons. The number of rotatable bonds is 7. The average Bonchev–Trinajstić information content (AvgIpc) is 2.76. The Morgan fingerprint density at radius 1 is 1.31 bits per heavy atom. The van der Waals surface area contributed by atoms with Gasteiger partial charge in [0.25, 0.3) is 5.56 Å². The van der Waals surface area contributed by atoms with E-state index in [2.05, 4.69) is 10.3 Å². The Hall–Kier alpha value is -2.87. The summed E-state index contributed by atoms with van der Waals surface area (Å²) in [5.74, 6) is -0.221. The van der Waals surface area contributed by atoms with Gasteiger partial charge in [-0.15, -0.1) is 0 Å². The molecule has 3 rings (SSSR count). The average molecular weight is 401 g/mol. The lowest BCUT2D eigenvalue weighted by atomic mass is 9.87. The van der Waals surface area contributed by atoms with Crippen LogP contribution in [-0.4, -0.2) is 42.5 Å². The maximum absolute atomic E-state index is 12.8. The molecule has 1 atom stereocenters. The maximum Gasteiger partial charge on any atom is 0.361 e. The van der Waals surface area contributed by atoms with Gasteiger partial charge in [0.1, 0.15) is 0 Å². The predicted molar refractivity (Wildman–Crippen MR) is 108 cm³/mol. The van der Waals surface area contributed by atoms with Crippen molar-refractivity contribution in [3.8, 4) is 5.75 Å². The van der Waals surface area contributed by atoms with E-state index >= 15 is 0 Å². The number of anilines is 1. The van der Waals surface area contributed by atoms with Crippen LogP contribution in [0.3, 0.4) is 0 Å². The zero-order valence-corrected chi connectivity index (χ0v) is 17.0. The second-order valence-corrected chi connectivity index (χ2v) is 6.88. The van der Waals surface area contributed by atoms with E-state index in [-0.39, 0.29) is 24.1 Å². The van der Waals surface area contributed by atoms with E-state index in [9.17, 15) is 9.59 Å². The zero-order chi connectivity index (χ0) is 20.8. The van der Waals surface area contributed by atoms with Crippen molar-refractivity contribution < 1.29 is 19.0 Å². The van der Waals surface area contributed by atoms with E-state index in [1.165, 1.54) is 11.7 Å². The summed E-state index contributed by atoms with van der Waals surface area (Å²) in [5, 5.41) is 3.40. The summed E-state index contributed by atoms with van der Waals surface area (Å²) in [6.45, 7) is 3.26. The van der Waals surface area contributed by atoms with Gasteiger partial charge >= 0.3 is 5.97 Å². The lowest BCUT2D eigenvalue weighted by Crippen LogP contribution is -2.32. The summed E-state index contributed by atoms with van der Waals surface area (Å²) in [6.07, 6.45) is 1.78. The monoisotopic (exact) mass is 401 g/mol. The molecule has 0 saturated carbocycles. The van der Waals surface area contributed by atoms with E-state index in [4.69, 9.17) is 14.2 Å². The van der Waals surface area contributed by atoms with E-state index in [1.54, 1.807) is 14.0 Å². The van der Waals surface area contributed by atoms with Crippen LogP contribution in [0.15, 0.2) is 35.1 Å². The van der Waals surface area contributed by atoms with Crippen molar-refractivity contribution in [1.29, 1.82) is 0 Å². The second-order valence-electron chi connectivity index (χ2n) is 6.88. The van der Waals surface area contributed by atoms with Gasteiger partial charge in [-0.05, 0) is 31.2 Å². The molecule has 0 bridgehead atoms. The molecule has 29 heavy (non-hydrogen) atoms. The standard InChI is InChI=1S/C21H27N3O5/c1-4-29-20(26)17-18(27-3)19(25)24(2)21(23-17)22-16(14-8-6-5-7-9-14)15-10-12-28-13-11-15/h5-9,15-16H,4,10-13H2,1-3H3,(H,22,23). The van der Waals surface area contributed by atoms with E-state index in [0.29, 0.717) is 25.1 Å². The smallest absolute Gasteiger partial charge is 0.361 e. The minimum atomic E-state index is -0.688. The van der Waals surface area contributed by atoms with Crippen LogP contribution in [0.4, 0.5) is 5.95 Å². The molecule has 2 aromatic rings. The van der Waals surface area contributed by atoms with Gasteiger partial charge < -0.3 is 19.5 Å². The van der Waals surface area contributed by atoms with Crippen LogP contribution in [0.25, 0.3) is 0 Å². The van der Waals surface area contributed by atoms with Crippen molar-refractivity contribution in [3.63, 3.8) is 0 Å². The van der Waals surface area contributed by atoms with Gasteiger partial charge in [-0.2, -0.15) is 0 Å². The number of carbonyl (C=O) groups is 1. The highest BCUT2D eigenvalue weighted by molar-refractivity contribution is 5.90. The highest BCUT2D eigenvalue weighted by Gasteiger charge is 2.28. The number of hydrogen-bond donors (Lipinski definition) is 1. The maximum atomic E-state index is 12.8. The fourth-order valence-electron chi connectivity index (χ4n) is 3.55. The molecule has 1 fully saturated rings. The zero-order valence-electron chi connectivity index (χ0n) is 17.0. The van der Waals surface area contributed by atoms with Gasteiger partial charge in [-0.1, -0.05) is 30.3 Å². The van der Waals surface area contributed by atoms with Crippen LogP contribution < -0.4 is 15.6 Å². The SMILES string of the molecule is CCOC(=O)c1nc(NC(c2ccccc2)C2CCOCC2)n(C)c(=O)c1OC. The summed E-state index contributed by atoms with van der Waals surface area (Å²) in [6, 6.07) is 9.93. The third-order valence-corrected chi connectivity index (χ3v) is 5.10. The molecule has 1 N–H and O–H groups in total. The van der Waals surface area contributed by atoms with Gasteiger partial charge in [0.2, 0.25) is 11.7 Å². The summed E-state index contributed by atoms with van der Waals surface area (Å²) >= 11 is 0. The Morgan fingerprint density at radius 3 is 2.62 bits per heavy atom. The lowest BCUT2D eigenvalue weighted by molar-refractivity contribution is 0.0514. The van der Waals surface area contributed by atoms with E-state index in [1.807, 2.05) is 30.3 Å². The van der Waals surface area contributed by atoms with E-state index < -0.39 is 11.5 Å². The number of benzene rings is 1. The highest BCUT2D eigenvalue weighted by atomic mass is 16.5. The van der Waals surface area contributed by atoms with Gasteiger partial charge in [-0.25, -0.2) is 9.78 Å². The number of aromatic nitrogens is 2. The largest absolute Gasteiger partial charge is 0.489 e. The molecular weight excluding hydrogens is 374 g/mol. The number of carbonyl (C=O) groups excluding carboxylic acids is 1. The third-order valence-electron chi connectivity index (χ3n) is 5.10. The van der Waals surface area contributed by atoms with Crippen LogP contribution in [-0.2, 0) is 16.5 Å². The first-order chi connectivity index (χ1) is 14.1. The molecule has 0 aliphatic carbocycles. The van der Waals surface area contributed by atoms with E-state index in [0.717, 1.165) is 18.4 Å². The van der Waals surface area contributed by atoms with Crippen molar-refractivity contribution >= 4 is 11.9 Å². The number of nitrogens with zero attached hydrogens (tertiary/aromatic N) is 2. The Kier molecular flexibility index (Phi) is 6.87. The first-order valence-corrected chi connectivity index (χ1v) is 9.78. The Morgan fingerprint density at radius 2 is 2.00 bits per heavy atom. The van der Waals surface area contributed by atoms with Crippen LogP contribution in [0.2, 0.25) is 0 Å². The van der Waals surface area contributed by atoms with Gasteiger partial charge in [0.15, 0.2) is 5.69 Å². The third kappa shape index (κ3) is 4.59. The van der Waals surface area contributed by atoms with Gasteiger partial charge in [-0.3, -0.25) is 9.36 Å². The Bertz CT molecular complexity index is 891. The number of esters is 1. The molecule has 0 amide bonds. The van der Waals surface area contributed by atoms with Crippen LogP contribution >= 0.6 is 0 Å². The molecule has 1 saturated heterocycles. The quantitative estimate of drug-likeness (QED) is 0.713. The topological polar surface area (TPSA) is 91.7 Å². The normalized spacial score (nSPS) is 15.6. The molecule has 0 spiro atoms. The molecular formula is C21H27N3O5. The number of hydrogen-bond acceptors (Lipinski definition) is 7. The number of nitrogens with one attached hydrogen (secondary N) is 1. The summed E-state index contributed by atoms with van der Waals surface area (Å²) in [4.78, 5) is 29.5. The van der Waals surface area contributed by atoms with Crippen LogP contribution in [0, 0.1) is 5.92 Å². The molecule has 1 aliphatic rings.